The van der Waals surface area contributed by atoms with Gasteiger partial charge in [-0.15, -0.1) is 0 Å². The molecule has 0 saturated carbocycles. The first-order valence-electron chi connectivity index (χ1n) is 6.74. The third kappa shape index (κ3) is 2.61. The molecule has 20 heavy (non-hydrogen) atoms. The Morgan fingerprint density at radius 2 is 1.95 bits per heavy atom. The minimum atomic E-state index is -0.279. The van der Waals surface area contributed by atoms with Crippen LogP contribution in [0.15, 0.2) is 0 Å². The molecule has 0 bridgehead atoms. The summed E-state index contributed by atoms with van der Waals surface area (Å²) in [4.78, 5) is 27.6. The van der Waals surface area contributed by atoms with Crippen LogP contribution in [0.3, 0.4) is 0 Å². The molecule has 0 aliphatic carbocycles. The van der Waals surface area contributed by atoms with Crippen LogP contribution in [-0.2, 0) is 11.8 Å². The standard InChI is InChI=1S/C13H21N5O2/c1-9-11(14)12(17(3)15-9)13(20)16(2)8-10(19)18-6-4-5-7-18/h4-8,14H2,1-3H3. The molecule has 0 spiro atoms. The number of rotatable bonds is 3. The van der Waals surface area contributed by atoms with E-state index >= 15 is 0 Å². The maximum Gasteiger partial charge on any atom is 0.274 e. The Hall–Kier alpha value is -2.05. The number of nitrogens with two attached hydrogens (primary N) is 1. The third-order valence-electron chi connectivity index (χ3n) is 3.65. The lowest BCUT2D eigenvalue weighted by molar-refractivity contribution is -0.130. The Morgan fingerprint density at radius 3 is 2.45 bits per heavy atom. The van der Waals surface area contributed by atoms with E-state index in [9.17, 15) is 9.59 Å². The molecule has 1 aliphatic heterocycles. The molecule has 0 unspecified atom stereocenters. The Balaban J connectivity index is 2.06. The van der Waals surface area contributed by atoms with E-state index in [1.165, 1.54) is 9.58 Å². The Morgan fingerprint density at radius 1 is 1.35 bits per heavy atom. The second kappa shape index (κ2) is 5.52. The van der Waals surface area contributed by atoms with Gasteiger partial charge in [0.25, 0.3) is 5.91 Å². The van der Waals surface area contributed by atoms with Crippen LogP contribution in [0.5, 0.6) is 0 Å². The number of nitrogens with zero attached hydrogens (tertiary/aromatic N) is 4. The van der Waals surface area contributed by atoms with Crippen molar-refractivity contribution in [3.05, 3.63) is 11.4 Å². The zero-order valence-electron chi connectivity index (χ0n) is 12.2. The summed E-state index contributed by atoms with van der Waals surface area (Å²) in [6.45, 7) is 3.39. The molecule has 2 amide bonds. The van der Waals surface area contributed by atoms with Gasteiger partial charge in [-0.3, -0.25) is 14.3 Å². The summed E-state index contributed by atoms with van der Waals surface area (Å²) in [7, 11) is 3.28. The normalized spacial score (nSPS) is 14.7. The number of hydrogen-bond acceptors (Lipinski definition) is 4. The van der Waals surface area contributed by atoms with Crippen LogP contribution in [0.4, 0.5) is 5.69 Å². The van der Waals surface area contributed by atoms with Crippen molar-refractivity contribution in [1.29, 1.82) is 0 Å². The first-order chi connectivity index (χ1) is 9.41. The molecule has 2 N–H and O–H groups in total. The highest BCUT2D eigenvalue weighted by atomic mass is 16.2. The van der Waals surface area contributed by atoms with Crippen molar-refractivity contribution >= 4 is 17.5 Å². The maximum absolute atomic E-state index is 12.4. The fourth-order valence-corrected chi connectivity index (χ4v) is 2.45. The highest BCUT2D eigenvalue weighted by Gasteiger charge is 2.25. The van der Waals surface area contributed by atoms with Gasteiger partial charge in [-0.25, -0.2) is 0 Å². The molecule has 1 fully saturated rings. The lowest BCUT2D eigenvalue weighted by Gasteiger charge is -2.21. The zero-order chi connectivity index (χ0) is 14.9. The van der Waals surface area contributed by atoms with Gasteiger partial charge in [0.1, 0.15) is 5.69 Å². The quantitative estimate of drug-likeness (QED) is 0.844. The second-order valence-corrected chi connectivity index (χ2v) is 5.22. The Labute approximate surface area is 118 Å². The fraction of sp³-hybridized carbons (Fsp3) is 0.615. The first-order valence-corrected chi connectivity index (χ1v) is 6.74. The lowest BCUT2D eigenvalue weighted by atomic mass is 10.2. The molecule has 0 radical (unpaired) electrons. The number of carbonyl (C=O) groups is 2. The Bertz CT molecular complexity index is 531. The molecular formula is C13H21N5O2. The molecule has 0 atom stereocenters. The highest BCUT2D eigenvalue weighted by molar-refractivity contribution is 5.99. The van der Waals surface area contributed by atoms with Crippen LogP contribution in [-0.4, -0.2) is 58.1 Å². The molecule has 7 nitrogen and oxygen atoms in total. The summed E-state index contributed by atoms with van der Waals surface area (Å²) in [6, 6.07) is 0. The minimum absolute atomic E-state index is 0.0178. The van der Waals surface area contributed by atoms with Gasteiger partial charge < -0.3 is 15.5 Å². The number of likely N-dealkylation sites (N-methyl/N-ethyl adjacent to an activating group) is 1. The van der Waals surface area contributed by atoms with Gasteiger partial charge in [0.2, 0.25) is 5.91 Å². The van der Waals surface area contributed by atoms with Crippen molar-refractivity contribution in [3.8, 4) is 0 Å². The van der Waals surface area contributed by atoms with Crippen LogP contribution < -0.4 is 5.73 Å². The van der Waals surface area contributed by atoms with Crippen molar-refractivity contribution < 1.29 is 9.59 Å². The van der Waals surface area contributed by atoms with Gasteiger partial charge in [-0.05, 0) is 19.8 Å². The average molecular weight is 279 g/mol. The van der Waals surface area contributed by atoms with Crippen LogP contribution in [0.1, 0.15) is 29.0 Å². The van der Waals surface area contributed by atoms with Crippen molar-refractivity contribution in [3.63, 3.8) is 0 Å². The molecule has 1 aliphatic rings. The fourth-order valence-electron chi connectivity index (χ4n) is 2.45. The zero-order valence-corrected chi connectivity index (χ0v) is 12.2. The SMILES string of the molecule is Cc1nn(C)c(C(=O)N(C)CC(=O)N2CCCC2)c1N. The number of amides is 2. The van der Waals surface area contributed by atoms with Gasteiger partial charge in [0.05, 0.1) is 17.9 Å². The minimum Gasteiger partial charge on any atom is -0.395 e. The van der Waals surface area contributed by atoms with Crippen molar-refractivity contribution in [1.82, 2.24) is 19.6 Å². The topological polar surface area (TPSA) is 84.5 Å². The summed E-state index contributed by atoms with van der Waals surface area (Å²) in [5.74, 6) is -0.297. The summed E-state index contributed by atoms with van der Waals surface area (Å²) in [6.07, 6.45) is 2.08. The van der Waals surface area contributed by atoms with Gasteiger partial charge in [-0.1, -0.05) is 0 Å². The number of hydrogen-bond donors (Lipinski definition) is 1. The smallest absolute Gasteiger partial charge is 0.274 e. The van der Waals surface area contributed by atoms with E-state index in [0.29, 0.717) is 17.1 Å². The molecule has 110 valence electrons. The molecular weight excluding hydrogens is 258 g/mol. The molecule has 7 heteroatoms. The van der Waals surface area contributed by atoms with Gasteiger partial charge in [-0.2, -0.15) is 5.10 Å². The number of anilines is 1. The molecule has 1 saturated heterocycles. The number of nitrogen functional groups attached to an aromatic ring is 1. The van der Waals surface area contributed by atoms with Crippen LogP contribution >= 0.6 is 0 Å². The van der Waals surface area contributed by atoms with Crippen molar-refractivity contribution in [2.24, 2.45) is 7.05 Å². The van der Waals surface area contributed by atoms with E-state index in [4.69, 9.17) is 5.73 Å². The molecule has 2 rings (SSSR count). The number of aryl methyl sites for hydroxylation is 2. The van der Waals surface area contributed by atoms with Gasteiger partial charge in [0, 0.05) is 27.2 Å². The monoisotopic (exact) mass is 279 g/mol. The average Bonchev–Trinajstić information content (AvgIpc) is 2.99. The number of carbonyl (C=O) groups excluding carboxylic acids is 2. The molecule has 1 aromatic rings. The number of likely N-dealkylation sites (tertiary alicyclic amines) is 1. The van der Waals surface area contributed by atoms with E-state index in [-0.39, 0.29) is 18.4 Å². The van der Waals surface area contributed by atoms with Gasteiger partial charge >= 0.3 is 0 Å². The number of aromatic nitrogens is 2. The Kier molecular flexibility index (Phi) is 3.96. The first kappa shape index (κ1) is 14.4. The molecule has 0 aromatic carbocycles. The van der Waals surface area contributed by atoms with Gasteiger partial charge in [0.15, 0.2) is 0 Å². The predicted molar refractivity (Wildman–Crippen MR) is 75.1 cm³/mol. The van der Waals surface area contributed by atoms with E-state index in [1.807, 2.05) is 0 Å². The second-order valence-electron chi connectivity index (χ2n) is 5.22. The van der Waals surface area contributed by atoms with E-state index < -0.39 is 0 Å². The van der Waals surface area contributed by atoms with Crippen molar-refractivity contribution in [2.75, 3.05) is 32.4 Å². The summed E-state index contributed by atoms with van der Waals surface area (Å²) in [5, 5.41) is 4.12. The van der Waals surface area contributed by atoms with E-state index in [2.05, 4.69) is 5.10 Å². The highest BCUT2D eigenvalue weighted by Crippen LogP contribution is 2.17. The summed E-state index contributed by atoms with van der Waals surface area (Å²) in [5.41, 5.74) is 7.20. The predicted octanol–water partition coefficient (Wildman–Crippen LogP) is 0.00512. The molecule has 2 heterocycles. The van der Waals surface area contributed by atoms with E-state index in [0.717, 1.165) is 25.9 Å². The van der Waals surface area contributed by atoms with E-state index in [1.54, 1.807) is 25.9 Å². The molecule has 1 aromatic heterocycles. The lowest BCUT2D eigenvalue weighted by Crippen LogP contribution is -2.40. The maximum atomic E-state index is 12.4. The summed E-state index contributed by atoms with van der Waals surface area (Å²) >= 11 is 0. The van der Waals surface area contributed by atoms with Crippen molar-refractivity contribution in [2.45, 2.75) is 19.8 Å². The summed E-state index contributed by atoms with van der Waals surface area (Å²) < 4.78 is 1.46. The van der Waals surface area contributed by atoms with Crippen LogP contribution in [0.2, 0.25) is 0 Å². The van der Waals surface area contributed by atoms with Crippen LogP contribution in [0, 0.1) is 6.92 Å². The third-order valence-corrected chi connectivity index (χ3v) is 3.65. The van der Waals surface area contributed by atoms with Crippen LogP contribution in [0.25, 0.3) is 0 Å². The largest absolute Gasteiger partial charge is 0.395 e.